The number of rotatable bonds is 10. The van der Waals surface area contributed by atoms with E-state index in [-0.39, 0.29) is 13.1 Å². The van der Waals surface area contributed by atoms with Crippen molar-refractivity contribution in [2.24, 2.45) is 0 Å². The van der Waals surface area contributed by atoms with Gasteiger partial charge in [0.1, 0.15) is 0 Å². The van der Waals surface area contributed by atoms with Crippen molar-refractivity contribution in [3.8, 4) is 0 Å². The number of nitrogens with one attached hydrogen (secondary N) is 1. The molecule has 1 aliphatic rings. The lowest BCUT2D eigenvalue weighted by Gasteiger charge is -2.32. The van der Waals surface area contributed by atoms with Gasteiger partial charge < -0.3 is 25.3 Å². The summed E-state index contributed by atoms with van der Waals surface area (Å²) in [5.74, 6) is -1.61. The lowest BCUT2D eigenvalue weighted by atomic mass is 10.2. The van der Waals surface area contributed by atoms with Gasteiger partial charge in [0.15, 0.2) is 0 Å². The van der Waals surface area contributed by atoms with E-state index in [2.05, 4.69) is 22.0 Å². The number of carboxylic acid groups (broad SMARTS) is 2. The van der Waals surface area contributed by atoms with E-state index >= 15 is 0 Å². The van der Waals surface area contributed by atoms with Gasteiger partial charge in [-0.05, 0) is 45.4 Å². The molecule has 0 aromatic carbocycles. The Hall–Kier alpha value is -1.22. The van der Waals surface area contributed by atoms with Gasteiger partial charge in [-0.1, -0.05) is 6.92 Å². The van der Waals surface area contributed by atoms with Gasteiger partial charge in [0.25, 0.3) is 0 Å². The lowest BCUT2D eigenvalue weighted by Crippen LogP contribution is -2.44. The van der Waals surface area contributed by atoms with E-state index in [1.807, 2.05) is 4.90 Å². The van der Waals surface area contributed by atoms with Gasteiger partial charge in [-0.15, -0.1) is 0 Å². The highest BCUT2D eigenvalue weighted by Crippen LogP contribution is 2.03. The van der Waals surface area contributed by atoms with E-state index in [9.17, 15) is 9.59 Å². The van der Waals surface area contributed by atoms with Crippen LogP contribution in [-0.2, 0) is 9.59 Å². The van der Waals surface area contributed by atoms with Crippen LogP contribution in [0.4, 0.5) is 0 Å². The average molecular weight is 358 g/mol. The number of carboxylic acids is 2. The van der Waals surface area contributed by atoms with Crippen molar-refractivity contribution in [2.75, 3.05) is 72.0 Å². The second-order valence-corrected chi connectivity index (χ2v) is 6.63. The molecule has 1 saturated heterocycles. The molecule has 25 heavy (non-hydrogen) atoms. The standard InChI is InChI=1S/C17H34N4O4/c1-2-6-19-8-4-9-21(15-17(24)25)13-12-20(11-10-19)7-3-5-18-14-16(22)23/h18H,2-15H2,1H3,(H,22,23)(H,24,25). The average Bonchev–Trinajstić information content (AvgIpc) is 2.54. The summed E-state index contributed by atoms with van der Waals surface area (Å²) in [6, 6.07) is 0. The second kappa shape index (κ2) is 13.0. The fraction of sp³-hybridized carbons (Fsp3) is 0.882. The van der Waals surface area contributed by atoms with Crippen LogP contribution in [-0.4, -0.2) is 109 Å². The zero-order valence-electron chi connectivity index (χ0n) is 15.5. The molecule has 1 aliphatic heterocycles. The smallest absolute Gasteiger partial charge is 0.317 e. The van der Waals surface area contributed by atoms with E-state index in [1.54, 1.807) is 0 Å². The van der Waals surface area contributed by atoms with Crippen molar-refractivity contribution in [3.63, 3.8) is 0 Å². The van der Waals surface area contributed by atoms with Crippen LogP contribution < -0.4 is 5.32 Å². The number of hydrogen-bond donors (Lipinski definition) is 3. The van der Waals surface area contributed by atoms with Gasteiger partial charge in [0, 0.05) is 32.7 Å². The van der Waals surface area contributed by atoms with Crippen LogP contribution in [0.1, 0.15) is 26.2 Å². The predicted molar refractivity (Wildman–Crippen MR) is 97.0 cm³/mol. The Kier molecular flexibility index (Phi) is 11.4. The van der Waals surface area contributed by atoms with Gasteiger partial charge in [-0.2, -0.15) is 0 Å². The molecule has 0 aliphatic carbocycles. The number of carbonyl (C=O) groups is 2. The first-order chi connectivity index (χ1) is 12.0. The molecule has 0 bridgehead atoms. The Morgan fingerprint density at radius 1 is 0.880 bits per heavy atom. The van der Waals surface area contributed by atoms with Crippen LogP contribution >= 0.6 is 0 Å². The first kappa shape index (κ1) is 21.8. The quantitative estimate of drug-likeness (QED) is 0.464. The highest BCUT2D eigenvalue weighted by Gasteiger charge is 2.16. The number of aliphatic carboxylic acids is 2. The Balaban J connectivity index is 2.48. The summed E-state index contributed by atoms with van der Waals surface area (Å²) >= 11 is 0. The van der Waals surface area contributed by atoms with Gasteiger partial charge in [-0.25, -0.2) is 0 Å². The lowest BCUT2D eigenvalue weighted by molar-refractivity contribution is -0.138. The fourth-order valence-electron chi connectivity index (χ4n) is 3.15. The van der Waals surface area contributed by atoms with Crippen LogP contribution in [0.3, 0.4) is 0 Å². The summed E-state index contributed by atoms with van der Waals surface area (Å²) in [6.45, 7) is 10.4. The molecular weight excluding hydrogens is 324 g/mol. The third-order valence-corrected chi connectivity index (χ3v) is 4.42. The summed E-state index contributed by atoms with van der Waals surface area (Å²) in [5, 5.41) is 20.6. The van der Waals surface area contributed by atoms with Crippen molar-refractivity contribution >= 4 is 11.9 Å². The largest absolute Gasteiger partial charge is 0.480 e. The minimum Gasteiger partial charge on any atom is -0.480 e. The summed E-state index contributed by atoms with van der Waals surface area (Å²) in [5.41, 5.74) is 0. The van der Waals surface area contributed by atoms with E-state index in [0.29, 0.717) is 6.54 Å². The van der Waals surface area contributed by atoms with Crippen LogP contribution in [0.2, 0.25) is 0 Å². The second-order valence-electron chi connectivity index (χ2n) is 6.63. The molecule has 0 aromatic heterocycles. The van der Waals surface area contributed by atoms with Crippen molar-refractivity contribution in [2.45, 2.75) is 26.2 Å². The normalized spacial score (nSPS) is 18.9. The summed E-state index contributed by atoms with van der Waals surface area (Å²) in [6.07, 6.45) is 3.02. The third-order valence-electron chi connectivity index (χ3n) is 4.42. The monoisotopic (exact) mass is 358 g/mol. The zero-order chi connectivity index (χ0) is 18.5. The zero-order valence-corrected chi connectivity index (χ0v) is 15.5. The maximum atomic E-state index is 11.0. The molecule has 0 unspecified atom stereocenters. The molecule has 8 nitrogen and oxygen atoms in total. The predicted octanol–water partition coefficient (Wildman–Crippen LogP) is -0.145. The molecule has 0 radical (unpaired) electrons. The van der Waals surface area contributed by atoms with E-state index in [4.69, 9.17) is 10.2 Å². The van der Waals surface area contributed by atoms with Crippen molar-refractivity contribution in [3.05, 3.63) is 0 Å². The van der Waals surface area contributed by atoms with E-state index < -0.39 is 11.9 Å². The minimum atomic E-state index is -0.835. The molecule has 0 amide bonds. The molecular formula is C17H34N4O4. The molecule has 0 spiro atoms. The molecule has 1 fully saturated rings. The van der Waals surface area contributed by atoms with Crippen LogP contribution in [0.5, 0.6) is 0 Å². The Morgan fingerprint density at radius 2 is 1.48 bits per heavy atom. The van der Waals surface area contributed by atoms with Gasteiger partial charge in [-0.3, -0.25) is 14.5 Å². The van der Waals surface area contributed by atoms with Crippen molar-refractivity contribution in [1.82, 2.24) is 20.0 Å². The maximum Gasteiger partial charge on any atom is 0.317 e. The van der Waals surface area contributed by atoms with Gasteiger partial charge in [0.05, 0.1) is 13.1 Å². The van der Waals surface area contributed by atoms with E-state index in [1.165, 1.54) is 0 Å². The first-order valence-electron chi connectivity index (χ1n) is 9.32. The topological polar surface area (TPSA) is 96.4 Å². The van der Waals surface area contributed by atoms with Crippen LogP contribution in [0.25, 0.3) is 0 Å². The van der Waals surface area contributed by atoms with E-state index in [0.717, 1.165) is 71.6 Å². The Morgan fingerprint density at radius 3 is 2.08 bits per heavy atom. The summed E-state index contributed by atoms with van der Waals surface area (Å²) in [7, 11) is 0. The van der Waals surface area contributed by atoms with Crippen molar-refractivity contribution < 1.29 is 19.8 Å². The van der Waals surface area contributed by atoms with Crippen LogP contribution in [0, 0.1) is 0 Å². The van der Waals surface area contributed by atoms with Gasteiger partial charge in [0.2, 0.25) is 0 Å². The highest BCUT2D eigenvalue weighted by molar-refractivity contribution is 5.69. The third kappa shape index (κ3) is 11.1. The molecule has 1 heterocycles. The number of hydrogen-bond acceptors (Lipinski definition) is 6. The molecule has 0 saturated carbocycles. The van der Waals surface area contributed by atoms with Crippen LogP contribution in [0.15, 0.2) is 0 Å². The number of nitrogens with zero attached hydrogens (tertiary/aromatic N) is 3. The Labute approximate surface area is 150 Å². The molecule has 0 atom stereocenters. The van der Waals surface area contributed by atoms with Gasteiger partial charge >= 0.3 is 11.9 Å². The maximum absolute atomic E-state index is 11.0. The molecule has 1 rings (SSSR count). The minimum absolute atomic E-state index is 0.00331. The summed E-state index contributed by atoms with van der Waals surface area (Å²) < 4.78 is 0. The molecule has 8 heteroatoms. The molecule has 146 valence electrons. The SMILES string of the molecule is CCCN1CCCN(CC(=O)O)CCN(CCCNCC(=O)O)CC1. The molecule has 0 aromatic rings. The highest BCUT2D eigenvalue weighted by atomic mass is 16.4. The molecule has 3 N–H and O–H groups in total. The Bertz CT molecular complexity index is 395. The summed E-state index contributed by atoms with van der Waals surface area (Å²) in [4.78, 5) is 28.4. The van der Waals surface area contributed by atoms with Crippen molar-refractivity contribution in [1.29, 1.82) is 0 Å². The first-order valence-corrected chi connectivity index (χ1v) is 9.32. The fourth-order valence-corrected chi connectivity index (χ4v) is 3.15.